The molecule has 0 aliphatic carbocycles. The average Bonchev–Trinajstić information content (AvgIpc) is 3.33. The minimum absolute atomic E-state index is 0. The van der Waals surface area contributed by atoms with Gasteiger partial charge in [0.05, 0.1) is 17.4 Å². The molecule has 1 aliphatic heterocycles. The maximum Gasteiger partial charge on any atom is 0.240 e. The summed E-state index contributed by atoms with van der Waals surface area (Å²) < 4.78 is 27.4. The molecule has 0 bridgehead atoms. The molecule has 0 unspecified atom stereocenters. The molecule has 0 aromatic heterocycles. The number of hydrogen-bond donors (Lipinski definition) is 2. The monoisotopic (exact) mass is 543 g/mol. The second-order valence-corrected chi connectivity index (χ2v) is 11.0. The van der Waals surface area contributed by atoms with Gasteiger partial charge in [0, 0.05) is 38.9 Å². The van der Waals surface area contributed by atoms with E-state index in [9.17, 15) is 18.3 Å². The number of carbonyl (C=O) groups excluding carboxylic acids is 1. The maximum atomic E-state index is 12.8. The van der Waals surface area contributed by atoms with E-state index in [1.165, 1.54) is 5.56 Å². The molecule has 0 radical (unpaired) electrons. The van der Waals surface area contributed by atoms with E-state index in [0.29, 0.717) is 13.1 Å². The Hall–Kier alpha value is -2.91. The lowest BCUT2D eigenvalue weighted by molar-refractivity contribution is -0.129. The van der Waals surface area contributed by atoms with E-state index in [1.54, 1.807) is 35.2 Å². The van der Waals surface area contributed by atoms with Crippen LogP contribution < -0.4 is 9.62 Å². The summed E-state index contributed by atoms with van der Waals surface area (Å²) in [5.74, 6) is 0.0293. The van der Waals surface area contributed by atoms with Crippen molar-refractivity contribution in [3.63, 3.8) is 0 Å². The van der Waals surface area contributed by atoms with Gasteiger partial charge in [0.1, 0.15) is 0 Å². The summed E-state index contributed by atoms with van der Waals surface area (Å²) >= 11 is 0. The Kier molecular flexibility index (Phi) is 10.1. The number of aliphatic hydroxyl groups is 1. The number of halogens is 1. The molecule has 1 fully saturated rings. The summed E-state index contributed by atoms with van der Waals surface area (Å²) in [7, 11) is -1.75. The van der Waals surface area contributed by atoms with Crippen molar-refractivity contribution in [1.29, 1.82) is 0 Å². The van der Waals surface area contributed by atoms with Crippen molar-refractivity contribution < 1.29 is 18.3 Å². The molecule has 37 heavy (non-hydrogen) atoms. The SMILES string of the molecule is CN(CCc1ccccc1N1CC[C@H](O)C1)C(=O)Cc1ccc(CNS(=O)(=O)c2ccccc2)cc1.Cl. The Morgan fingerprint density at radius 2 is 1.65 bits per heavy atom. The molecule has 2 N–H and O–H groups in total. The third kappa shape index (κ3) is 7.79. The van der Waals surface area contributed by atoms with Gasteiger partial charge in [0.25, 0.3) is 0 Å². The van der Waals surface area contributed by atoms with Crippen LogP contribution in [0.15, 0.2) is 83.8 Å². The standard InChI is InChI=1S/C28H33N3O4S.ClH/c1-30(17-15-24-7-5-6-10-27(24)31-18-16-25(32)21-31)28(33)19-22-11-13-23(14-12-22)20-29-36(34,35)26-8-3-2-4-9-26;/h2-14,25,29,32H,15-21H2,1H3;1H/t25-;/m0./s1. The van der Waals surface area contributed by atoms with Crippen LogP contribution in [-0.4, -0.2) is 57.1 Å². The zero-order chi connectivity index (χ0) is 25.5. The lowest BCUT2D eigenvalue weighted by atomic mass is 10.1. The van der Waals surface area contributed by atoms with Gasteiger partial charge in [-0.25, -0.2) is 13.1 Å². The smallest absolute Gasteiger partial charge is 0.240 e. The molecule has 1 saturated heterocycles. The first-order chi connectivity index (χ1) is 17.3. The highest BCUT2D eigenvalue weighted by Gasteiger charge is 2.22. The zero-order valence-corrected chi connectivity index (χ0v) is 22.5. The number of sulfonamides is 1. The fraction of sp³-hybridized carbons (Fsp3) is 0.321. The van der Waals surface area contributed by atoms with Gasteiger partial charge in [-0.2, -0.15) is 0 Å². The van der Waals surface area contributed by atoms with Crippen LogP contribution in [0.1, 0.15) is 23.1 Å². The highest BCUT2D eigenvalue weighted by atomic mass is 35.5. The van der Waals surface area contributed by atoms with Crippen molar-refractivity contribution in [3.8, 4) is 0 Å². The molecule has 1 amide bonds. The minimum atomic E-state index is -3.57. The van der Waals surface area contributed by atoms with E-state index in [4.69, 9.17) is 0 Å². The summed E-state index contributed by atoms with van der Waals surface area (Å²) in [6.45, 7) is 2.27. The molecule has 9 heteroatoms. The molecule has 198 valence electrons. The van der Waals surface area contributed by atoms with Gasteiger partial charge in [-0.1, -0.05) is 60.7 Å². The van der Waals surface area contributed by atoms with Crippen molar-refractivity contribution in [2.45, 2.75) is 36.8 Å². The Morgan fingerprint density at radius 3 is 2.32 bits per heavy atom. The first-order valence-electron chi connectivity index (χ1n) is 12.2. The predicted molar refractivity (Wildman–Crippen MR) is 148 cm³/mol. The van der Waals surface area contributed by atoms with E-state index in [0.717, 1.165) is 36.2 Å². The number of para-hydroxylation sites is 1. The van der Waals surface area contributed by atoms with E-state index in [-0.39, 0.29) is 42.3 Å². The number of amides is 1. The third-order valence-electron chi connectivity index (χ3n) is 6.54. The van der Waals surface area contributed by atoms with Gasteiger partial charge >= 0.3 is 0 Å². The summed E-state index contributed by atoms with van der Waals surface area (Å²) in [5, 5.41) is 9.89. The summed E-state index contributed by atoms with van der Waals surface area (Å²) in [6.07, 6.45) is 1.53. The quantitative estimate of drug-likeness (QED) is 0.409. The fourth-order valence-corrected chi connectivity index (χ4v) is 5.39. The summed E-state index contributed by atoms with van der Waals surface area (Å²) in [5.41, 5.74) is 4.01. The highest BCUT2D eigenvalue weighted by molar-refractivity contribution is 7.89. The molecule has 4 rings (SSSR count). The number of hydrogen-bond acceptors (Lipinski definition) is 5. The van der Waals surface area contributed by atoms with E-state index in [1.807, 2.05) is 43.4 Å². The van der Waals surface area contributed by atoms with Crippen LogP contribution in [0.3, 0.4) is 0 Å². The molecule has 3 aromatic rings. The van der Waals surface area contributed by atoms with Gasteiger partial charge in [0.2, 0.25) is 15.9 Å². The van der Waals surface area contributed by atoms with Crippen LogP contribution in [0.2, 0.25) is 0 Å². The molecular weight excluding hydrogens is 510 g/mol. The average molecular weight is 544 g/mol. The van der Waals surface area contributed by atoms with Crippen molar-refractivity contribution in [2.24, 2.45) is 0 Å². The number of nitrogens with one attached hydrogen (secondary N) is 1. The highest BCUT2D eigenvalue weighted by Crippen LogP contribution is 2.25. The van der Waals surface area contributed by atoms with Crippen LogP contribution in [0, 0.1) is 0 Å². The normalized spacial score (nSPS) is 15.3. The second kappa shape index (κ2) is 13.1. The van der Waals surface area contributed by atoms with Crippen LogP contribution >= 0.6 is 12.4 Å². The number of carbonyl (C=O) groups is 1. The van der Waals surface area contributed by atoms with E-state index < -0.39 is 10.0 Å². The lowest BCUT2D eigenvalue weighted by Crippen LogP contribution is -2.30. The minimum Gasteiger partial charge on any atom is -0.391 e. The molecule has 1 atom stereocenters. The molecule has 0 saturated carbocycles. The number of benzene rings is 3. The number of β-amino-alcohol motifs (C(OH)–C–C–N with tert-alkyl or cyclic N) is 1. The largest absolute Gasteiger partial charge is 0.391 e. The van der Waals surface area contributed by atoms with Crippen LogP contribution in [0.4, 0.5) is 5.69 Å². The molecule has 1 aliphatic rings. The lowest BCUT2D eigenvalue weighted by Gasteiger charge is -2.23. The first kappa shape index (κ1) is 28.7. The zero-order valence-electron chi connectivity index (χ0n) is 20.9. The van der Waals surface area contributed by atoms with Crippen LogP contribution in [0.5, 0.6) is 0 Å². The van der Waals surface area contributed by atoms with Gasteiger partial charge in [-0.3, -0.25) is 4.79 Å². The summed E-state index contributed by atoms with van der Waals surface area (Å²) in [4.78, 5) is 17.0. The van der Waals surface area contributed by atoms with Crippen molar-refractivity contribution in [3.05, 3.63) is 95.6 Å². The molecule has 0 spiro atoms. The topological polar surface area (TPSA) is 89.9 Å². The van der Waals surface area contributed by atoms with Crippen LogP contribution in [-0.2, 0) is 34.2 Å². The Bertz CT molecular complexity index is 1270. The van der Waals surface area contributed by atoms with Gasteiger partial charge in [0.15, 0.2) is 0 Å². The molecule has 3 aromatic carbocycles. The Morgan fingerprint density at radius 1 is 1.00 bits per heavy atom. The second-order valence-electron chi connectivity index (χ2n) is 9.21. The fourth-order valence-electron chi connectivity index (χ4n) is 4.35. The predicted octanol–water partition coefficient (Wildman–Crippen LogP) is 3.40. The van der Waals surface area contributed by atoms with E-state index >= 15 is 0 Å². The number of nitrogens with zero attached hydrogens (tertiary/aromatic N) is 2. The van der Waals surface area contributed by atoms with E-state index in [2.05, 4.69) is 21.8 Å². The molecule has 7 nitrogen and oxygen atoms in total. The maximum absolute atomic E-state index is 12.8. The van der Waals surface area contributed by atoms with Crippen molar-refractivity contribution in [1.82, 2.24) is 9.62 Å². The number of likely N-dealkylation sites (N-methyl/N-ethyl adjacent to an activating group) is 1. The summed E-state index contributed by atoms with van der Waals surface area (Å²) in [6, 6.07) is 23.9. The number of rotatable bonds is 10. The van der Waals surface area contributed by atoms with Gasteiger partial charge in [-0.05, 0) is 47.7 Å². The first-order valence-corrected chi connectivity index (χ1v) is 13.7. The Labute approximate surface area is 225 Å². The molecule has 1 heterocycles. The van der Waals surface area contributed by atoms with Gasteiger partial charge in [-0.15, -0.1) is 12.4 Å². The number of aliphatic hydroxyl groups excluding tert-OH is 1. The molecular formula is C28H34ClN3O4S. The van der Waals surface area contributed by atoms with Crippen LogP contribution in [0.25, 0.3) is 0 Å². The van der Waals surface area contributed by atoms with Crippen molar-refractivity contribution in [2.75, 3.05) is 31.6 Å². The van der Waals surface area contributed by atoms with Gasteiger partial charge < -0.3 is 14.9 Å². The van der Waals surface area contributed by atoms with Crippen molar-refractivity contribution >= 4 is 34.0 Å². The Balaban J connectivity index is 0.00000380. The number of anilines is 1. The third-order valence-corrected chi connectivity index (χ3v) is 7.95.